The molecule has 0 aromatic carbocycles. The fraction of sp³-hybridized carbons (Fsp3) is 0.833. The first-order chi connectivity index (χ1) is 8.06. The minimum absolute atomic E-state index is 0.136. The van der Waals surface area contributed by atoms with Crippen molar-refractivity contribution in [2.45, 2.75) is 32.2 Å². The lowest BCUT2D eigenvalue weighted by Crippen LogP contribution is -2.54. The number of aliphatic carboxylic acids is 1. The zero-order valence-corrected chi connectivity index (χ0v) is 10.2. The lowest BCUT2D eigenvalue weighted by Gasteiger charge is -2.41. The van der Waals surface area contributed by atoms with Gasteiger partial charge in [0.05, 0.1) is 6.42 Å². The Hall–Kier alpha value is -1.10. The number of amides is 1. The van der Waals surface area contributed by atoms with Crippen LogP contribution in [0.3, 0.4) is 0 Å². The summed E-state index contributed by atoms with van der Waals surface area (Å²) in [6, 6.07) is 0.411. The molecule has 0 aromatic rings. The van der Waals surface area contributed by atoms with Gasteiger partial charge in [-0.25, -0.2) is 0 Å². The van der Waals surface area contributed by atoms with Crippen molar-refractivity contribution in [1.82, 2.24) is 10.2 Å². The van der Waals surface area contributed by atoms with Crippen LogP contribution >= 0.6 is 0 Å². The average molecular weight is 240 g/mol. The SMILES string of the molecule is CC1CC(C(=O)N2CC(CC(=O)O)C2)CCN1. The van der Waals surface area contributed by atoms with Gasteiger partial charge in [0.2, 0.25) is 5.91 Å². The molecule has 0 aromatic heterocycles. The summed E-state index contributed by atoms with van der Waals surface area (Å²) in [5.74, 6) is -0.245. The van der Waals surface area contributed by atoms with E-state index in [2.05, 4.69) is 12.2 Å². The van der Waals surface area contributed by atoms with E-state index in [4.69, 9.17) is 5.11 Å². The van der Waals surface area contributed by atoms with Gasteiger partial charge < -0.3 is 15.3 Å². The number of likely N-dealkylation sites (tertiary alicyclic amines) is 1. The molecule has 2 aliphatic heterocycles. The van der Waals surface area contributed by atoms with Gasteiger partial charge in [-0.05, 0) is 26.3 Å². The van der Waals surface area contributed by atoms with Crippen LogP contribution in [0.15, 0.2) is 0 Å². The molecule has 2 heterocycles. The Bertz CT molecular complexity index is 313. The first-order valence-corrected chi connectivity index (χ1v) is 6.30. The summed E-state index contributed by atoms with van der Waals surface area (Å²) < 4.78 is 0. The van der Waals surface area contributed by atoms with Gasteiger partial charge in [-0.1, -0.05) is 0 Å². The highest BCUT2D eigenvalue weighted by atomic mass is 16.4. The highest BCUT2D eigenvalue weighted by Gasteiger charge is 2.36. The molecular weight excluding hydrogens is 220 g/mol. The van der Waals surface area contributed by atoms with Crippen molar-refractivity contribution in [2.24, 2.45) is 11.8 Å². The monoisotopic (exact) mass is 240 g/mol. The van der Waals surface area contributed by atoms with Crippen molar-refractivity contribution < 1.29 is 14.7 Å². The first-order valence-electron chi connectivity index (χ1n) is 6.30. The average Bonchev–Trinajstić information content (AvgIpc) is 2.21. The third kappa shape index (κ3) is 2.97. The van der Waals surface area contributed by atoms with Gasteiger partial charge in [0.25, 0.3) is 0 Å². The molecule has 0 radical (unpaired) electrons. The smallest absolute Gasteiger partial charge is 0.303 e. The summed E-state index contributed by atoms with van der Waals surface area (Å²) in [5.41, 5.74) is 0. The van der Waals surface area contributed by atoms with Gasteiger partial charge >= 0.3 is 5.97 Å². The molecule has 2 N–H and O–H groups in total. The molecule has 0 bridgehead atoms. The summed E-state index contributed by atoms with van der Waals surface area (Å²) in [5, 5.41) is 12.0. The summed E-state index contributed by atoms with van der Waals surface area (Å²) in [6.07, 6.45) is 1.99. The molecule has 2 rings (SSSR count). The standard InChI is InChI=1S/C12H20N2O3/c1-8-4-10(2-3-13-8)12(17)14-6-9(7-14)5-11(15)16/h8-10,13H,2-7H2,1H3,(H,15,16). The molecule has 2 atom stereocenters. The second-order valence-electron chi connectivity index (χ2n) is 5.28. The van der Waals surface area contributed by atoms with E-state index < -0.39 is 5.97 Å². The topological polar surface area (TPSA) is 69.6 Å². The van der Waals surface area contributed by atoms with Crippen molar-refractivity contribution in [1.29, 1.82) is 0 Å². The molecule has 1 amide bonds. The normalized spacial score (nSPS) is 29.8. The quantitative estimate of drug-likeness (QED) is 0.745. The van der Waals surface area contributed by atoms with Gasteiger partial charge in [0, 0.05) is 31.0 Å². The van der Waals surface area contributed by atoms with E-state index in [1.54, 1.807) is 0 Å². The molecule has 2 aliphatic rings. The maximum Gasteiger partial charge on any atom is 0.303 e. The maximum absolute atomic E-state index is 12.1. The molecule has 2 saturated heterocycles. The number of nitrogens with one attached hydrogen (secondary N) is 1. The van der Waals surface area contributed by atoms with Crippen LogP contribution in [0, 0.1) is 11.8 Å². The molecule has 0 spiro atoms. The van der Waals surface area contributed by atoms with E-state index >= 15 is 0 Å². The summed E-state index contributed by atoms with van der Waals surface area (Å²) in [4.78, 5) is 24.4. The Morgan fingerprint density at radius 3 is 2.71 bits per heavy atom. The van der Waals surface area contributed by atoms with Gasteiger partial charge in [0.1, 0.15) is 0 Å². The van der Waals surface area contributed by atoms with Crippen molar-refractivity contribution in [3.63, 3.8) is 0 Å². The Balaban J connectivity index is 1.76. The number of carboxylic acids is 1. The summed E-state index contributed by atoms with van der Waals surface area (Å²) in [7, 11) is 0. The third-order valence-electron chi connectivity index (χ3n) is 3.71. The Morgan fingerprint density at radius 1 is 1.41 bits per heavy atom. The first kappa shape index (κ1) is 12.4. The van der Waals surface area contributed by atoms with Crippen molar-refractivity contribution in [3.05, 3.63) is 0 Å². The van der Waals surface area contributed by atoms with E-state index in [9.17, 15) is 9.59 Å². The third-order valence-corrected chi connectivity index (χ3v) is 3.71. The molecule has 17 heavy (non-hydrogen) atoms. The van der Waals surface area contributed by atoms with E-state index in [1.165, 1.54) is 0 Å². The number of carbonyl (C=O) groups excluding carboxylic acids is 1. The van der Waals surface area contributed by atoms with Crippen LogP contribution < -0.4 is 5.32 Å². The summed E-state index contributed by atoms with van der Waals surface area (Å²) in [6.45, 7) is 4.26. The van der Waals surface area contributed by atoms with Crippen molar-refractivity contribution in [2.75, 3.05) is 19.6 Å². The summed E-state index contributed by atoms with van der Waals surface area (Å²) >= 11 is 0. The zero-order valence-electron chi connectivity index (χ0n) is 10.2. The van der Waals surface area contributed by atoms with Crippen molar-refractivity contribution in [3.8, 4) is 0 Å². The Morgan fingerprint density at radius 2 is 2.12 bits per heavy atom. The molecular formula is C12H20N2O3. The number of rotatable bonds is 3. The second kappa shape index (κ2) is 5.04. The van der Waals surface area contributed by atoms with Crippen LogP contribution in [0.5, 0.6) is 0 Å². The number of piperidine rings is 1. The fourth-order valence-corrected chi connectivity index (χ4v) is 2.74. The lowest BCUT2D eigenvalue weighted by atomic mass is 9.88. The van der Waals surface area contributed by atoms with Gasteiger partial charge in [0.15, 0.2) is 0 Å². The minimum Gasteiger partial charge on any atom is -0.481 e. The minimum atomic E-state index is -0.766. The van der Waals surface area contributed by atoms with Gasteiger partial charge in [-0.3, -0.25) is 9.59 Å². The molecule has 2 unspecified atom stereocenters. The number of hydrogen-bond acceptors (Lipinski definition) is 3. The molecule has 5 nitrogen and oxygen atoms in total. The molecule has 5 heteroatoms. The zero-order chi connectivity index (χ0) is 12.4. The molecule has 0 aliphatic carbocycles. The predicted molar refractivity (Wildman–Crippen MR) is 62.5 cm³/mol. The molecule has 2 fully saturated rings. The van der Waals surface area contributed by atoms with Crippen LogP contribution in [-0.4, -0.2) is 47.6 Å². The van der Waals surface area contributed by atoms with Gasteiger partial charge in [-0.15, -0.1) is 0 Å². The van der Waals surface area contributed by atoms with E-state index in [1.807, 2.05) is 4.90 Å². The van der Waals surface area contributed by atoms with E-state index in [-0.39, 0.29) is 24.2 Å². The molecule has 0 saturated carbocycles. The number of carboxylic acid groups (broad SMARTS) is 1. The van der Waals surface area contributed by atoms with Crippen LogP contribution in [0.2, 0.25) is 0 Å². The number of nitrogens with zero attached hydrogens (tertiary/aromatic N) is 1. The maximum atomic E-state index is 12.1. The van der Waals surface area contributed by atoms with Crippen LogP contribution in [-0.2, 0) is 9.59 Å². The van der Waals surface area contributed by atoms with Gasteiger partial charge in [-0.2, -0.15) is 0 Å². The number of carbonyl (C=O) groups is 2. The Kier molecular flexibility index (Phi) is 3.66. The van der Waals surface area contributed by atoms with Crippen LogP contribution in [0.1, 0.15) is 26.2 Å². The van der Waals surface area contributed by atoms with E-state index in [0.29, 0.717) is 19.1 Å². The lowest BCUT2D eigenvalue weighted by molar-refractivity contribution is -0.148. The van der Waals surface area contributed by atoms with Crippen molar-refractivity contribution >= 4 is 11.9 Å². The largest absolute Gasteiger partial charge is 0.481 e. The highest BCUT2D eigenvalue weighted by molar-refractivity contribution is 5.80. The fourth-order valence-electron chi connectivity index (χ4n) is 2.74. The van der Waals surface area contributed by atoms with E-state index in [0.717, 1.165) is 19.4 Å². The second-order valence-corrected chi connectivity index (χ2v) is 5.28. The number of hydrogen-bond donors (Lipinski definition) is 2. The molecule has 96 valence electrons. The van der Waals surface area contributed by atoms with Crippen LogP contribution in [0.25, 0.3) is 0 Å². The van der Waals surface area contributed by atoms with Crippen LogP contribution in [0.4, 0.5) is 0 Å². The predicted octanol–water partition coefficient (Wildman–Crippen LogP) is 0.308. The Labute approximate surface area is 101 Å². The highest BCUT2D eigenvalue weighted by Crippen LogP contribution is 2.25.